The third-order valence-electron chi connectivity index (χ3n) is 3.60. The van der Waals surface area contributed by atoms with E-state index >= 15 is 0 Å². The molecule has 0 amide bonds. The number of hydrogen-bond donors (Lipinski definition) is 1. The fraction of sp³-hybridized carbons (Fsp3) is 0.667. The Hall–Kier alpha value is -0.900. The van der Waals surface area contributed by atoms with Gasteiger partial charge in [0.05, 0.1) is 0 Å². The number of fused-ring (bicyclic) bond motifs is 1. The molecule has 1 fully saturated rings. The van der Waals surface area contributed by atoms with E-state index in [4.69, 9.17) is 12.2 Å². The van der Waals surface area contributed by atoms with Gasteiger partial charge in [0.1, 0.15) is 4.64 Å². The highest BCUT2D eigenvalue weighted by Gasteiger charge is 2.18. The van der Waals surface area contributed by atoms with Crippen LogP contribution in [0.5, 0.6) is 0 Å². The summed E-state index contributed by atoms with van der Waals surface area (Å²) in [7, 11) is 0. The van der Waals surface area contributed by atoms with Gasteiger partial charge < -0.3 is 9.88 Å². The lowest BCUT2D eigenvalue weighted by Gasteiger charge is -2.21. The van der Waals surface area contributed by atoms with Crippen molar-refractivity contribution >= 4 is 18.2 Å². The third kappa shape index (κ3) is 1.75. The molecule has 0 unspecified atom stereocenters. The maximum Gasteiger partial charge on any atom is 0.204 e. The summed E-state index contributed by atoms with van der Waals surface area (Å²) in [6.45, 7) is 2.24. The molecule has 1 aliphatic carbocycles. The summed E-state index contributed by atoms with van der Waals surface area (Å²) in [5, 5.41) is 0. The Kier molecular flexibility index (Phi) is 2.67. The van der Waals surface area contributed by atoms with Crippen LogP contribution in [0.25, 0.3) is 0 Å². The van der Waals surface area contributed by atoms with Crippen LogP contribution in [0.4, 0.5) is 5.95 Å². The highest BCUT2D eigenvalue weighted by atomic mass is 32.1. The van der Waals surface area contributed by atoms with Crippen molar-refractivity contribution in [1.29, 1.82) is 0 Å². The summed E-state index contributed by atoms with van der Waals surface area (Å²) >= 11 is 5.40. The lowest BCUT2D eigenvalue weighted by molar-refractivity contribution is 0.657. The number of anilines is 1. The van der Waals surface area contributed by atoms with E-state index in [1.165, 1.54) is 36.9 Å². The zero-order valence-electron chi connectivity index (χ0n) is 9.46. The lowest BCUT2D eigenvalue weighted by atomic mass is 9.98. The van der Waals surface area contributed by atoms with Crippen molar-refractivity contribution in [2.75, 3.05) is 18.0 Å². The first-order valence-corrected chi connectivity index (χ1v) is 6.62. The number of hydrogen-bond acceptors (Lipinski definition) is 3. The van der Waals surface area contributed by atoms with Crippen molar-refractivity contribution in [3.63, 3.8) is 0 Å². The van der Waals surface area contributed by atoms with Gasteiger partial charge in [-0.2, -0.15) is 0 Å². The molecule has 0 radical (unpaired) electrons. The molecule has 2 heterocycles. The zero-order chi connectivity index (χ0) is 11.0. The van der Waals surface area contributed by atoms with E-state index in [9.17, 15) is 0 Å². The summed E-state index contributed by atoms with van der Waals surface area (Å²) in [5.74, 6) is 1.00. The van der Waals surface area contributed by atoms with Crippen LogP contribution in [0.3, 0.4) is 0 Å². The van der Waals surface area contributed by atoms with Crippen LogP contribution in [-0.2, 0) is 12.8 Å². The number of aryl methyl sites for hydroxylation is 1. The van der Waals surface area contributed by atoms with Crippen molar-refractivity contribution < 1.29 is 0 Å². The Morgan fingerprint density at radius 3 is 2.62 bits per heavy atom. The van der Waals surface area contributed by atoms with Crippen LogP contribution in [0, 0.1) is 4.64 Å². The second-order valence-electron chi connectivity index (χ2n) is 4.72. The highest BCUT2D eigenvalue weighted by molar-refractivity contribution is 7.71. The molecule has 0 atom stereocenters. The topological polar surface area (TPSA) is 31.9 Å². The Labute approximate surface area is 101 Å². The minimum absolute atomic E-state index is 0.829. The smallest absolute Gasteiger partial charge is 0.204 e. The third-order valence-corrected chi connectivity index (χ3v) is 3.94. The molecule has 0 bridgehead atoms. The molecular weight excluding hydrogens is 218 g/mol. The fourth-order valence-electron chi connectivity index (χ4n) is 2.68. The average molecular weight is 235 g/mol. The van der Waals surface area contributed by atoms with Crippen LogP contribution in [0.2, 0.25) is 0 Å². The molecule has 86 valence electrons. The van der Waals surface area contributed by atoms with Crippen molar-refractivity contribution in [1.82, 2.24) is 9.97 Å². The first-order valence-electron chi connectivity index (χ1n) is 6.21. The molecule has 2 aliphatic rings. The van der Waals surface area contributed by atoms with Crippen LogP contribution in [0.15, 0.2) is 0 Å². The van der Waals surface area contributed by atoms with E-state index in [1.807, 2.05) is 0 Å². The van der Waals surface area contributed by atoms with Gasteiger partial charge in [-0.1, -0.05) is 12.2 Å². The zero-order valence-corrected chi connectivity index (χ0v) is 10.3. The second kappa shape index (κ2) is 4.17. The molecule has 1 saturated heterocycles. The lowest BCUT2D eigenvalue weighted by Crippen LogP contribution is -2.22. The van der Waals surface area contributed by atoms with Crippen LogP contribution < -0.4 is 4.90 Å². The summed E-state index contributed by atoms with van der Waals surface area (Å²) in [4.78, 5) is 10.4. The second-order valence-corrected chi connectivity index (χ2v) is 5.11. The first kappa shape index (κ1) is 10.3. The largest absolute Gasteiger partial charge is 0.342 e. The number of rotatable bonds is 1. The monoisotopic (exact) mass is 235 g/mol. The van der Waals surface area contributed by atoms with E-state index in [1.54, 1.807) is 0 Å². The molecule has 0 spiro atoms. The molecule has 1 aromatic heterocycles. The number of aromatic nitrogens is 2. The Bertz CT molecular complexity index is 446. The molecule has 1 aromatic rings. The van der Waals surface area contributed by atoms with E-state index < -0.39 is 0 Å². The average Bonchev–Trinajstić information content (AvgIpc) is 2.82. The number of aromatic amines is 1. The molecule has 0 aromatic carbocycles. The highest BCUT2D eigenvalue weighted by Crippen LogP contribution is 2.23. The molecule has 1 aliphatic heterocycles. The molecule has 0 saturated carbocycles. The molecule has 3 rings (SSSR count). The van der Waals surface area contributed by atoms with Gasteiger partial charge in [-0.15, -0.1) is 0 Å². The normalized spacial score (nSPS) is 19.9. The van der Waals surface area contributed by atoms with Crippen LogP contribution in [-0.4, -0.2) is 23.1 Å². The number of H-pyrrole nitrogens is 1. The Balaban J connectivity index is 2.01. The van der Waals surface area contributed by atoms with Crippen molar-refractivity contribution in [3.05, 3.63) is 15.9 Å². The van der Waals surface area contributed by atoms with Gasteiger partial charge in [-0.3, -0.25) is 0 Å². The van der Waals surface area contributed by atoms with E-state index in [0.717, 1.165) is 36.5 Å². The van der Waals surface area contributed by atoms with Gasteiger partial charge in [0.15, 0.2) is 0 Å². The van der Waals surface area contributed by atoms with Gasteiger partial charge in [0.25, 0.3) is 0 Å². The summed E-state index contributed by atoms with van der Waals surface area (Å²) in [5.41, 5.74) is 2.64. The van der Waals surface area contributed by atoms with Crippen molar-refractivity contribution in [2.24, 2.45) is 0 Å². The minimum Gasteiger partial charge on any atom is -0.342 e. The molecule has 1 N–H and O–H groups in total. The number of nitrogens with one attached hydrogen (secondary N) is 1. The molecule has 4 heteroatoms. The van der Waals surface area contributed by atoms with Crippen molar-refractivity contribution in [2.45, 2.75) is 38.5 Å². The van der Waals surface area contributed by atoms with E-state index in [-0.39, 0.29) is 0 Å². The summed E-state index contributed by atoms with van der Waals surface area (Å²) in [6.07, 6.45) is 7.34. The minimum atomic E-state index is 0.829. The van der Waals surface area contributed by atoms with Gasteiger partial charge in [-0.25, -0.2) is 4.98 Å². The molecule has 3 nitrogen and oxygen atoms in total. The maximum atomic E-state index is 5.40. The first-order chi connectivity index (χ1) is 7.84. The summed E-state index contributed by atoms with van der Waals surface area (Å²) in [6, 6.07) is 0. The Morgan fingerprint density at radius 2 is 1.81 bits per heavy atom. The predicted octanol–water partition coefficient (Wildman–Crippen LogP) is 2.62. The molecular formula is C12H17N3S. The fourth-order valence-corrected chi connectivity index (χ4v) is 3.00. The van der Waals surface area contributed by atoms with E-state index in [2.05, 4.69) is 14.9 Å². The summed E-state index contributed by atoms with van der Waals surface area (Å²) < 4.78 is 0.829. The van der Waals surface area contributed by atoms with Gasteiger partial charge in [0, 0.05) is 24.3 Å². The van der Waals surface area contributed by atoms with Crippen molar-refractivity contribution in [3.8, 4) is 0 Å². The molecule has 16 heavy (non-hydrogen) atoms. The maximum absolute atomic E-state index is 5.40. The van der Waals surface area contributed by atoms with Crippen LogP contribution in [0.1, 0.15) is 36.9 Å². The van der Waals surface area contributed by atoms with Gasteiger partial charge in [-0.05, 0) is 38.5 Å². The SMILES string of the molecule is S=c1nc(N2CCCC2)[nH]c2c1CCCC2. The standard InChI is InChI=1S/C12H17N3S/c16-11-9-5-1-2-6-10(9)13-12(14-11)15-7-3-4-8-15/h1-8H2,(H,13,14,16). The van der Waals surface area contributed by atoms with Crippen LogP contribution >= 0.6 is 12.2 Å². The Morgan fingerprint density at radius 1 is 1.06 bits per heavy atom. The predicted molar refractivity (Wildman–Crippen MR) is 67.5 cm³/mol. The van der Waals surface area contributed by atoms with Gasteiger partial charge >= 0.3 is 0 Å². The number of nitrogens with zero attached hydrogens (tertiary/aromatic N) is 2. The van der Waals surface area contributed by atoms with E-state index in [0.29, 0.717) is 0 Å². The van der Waals surface area contributed by atoms with Gasteiger partial charge in [0.2, 0.25) is 5.95 Å². The quantitative estimate of drug-likeness (QED) is 0.759.